The van der Waals surface area contributed by atoms with Crippen LogP contribution in [0.25, 0.3) is 10.8 Å². The topological polar surface area (TPSA) is 45.3 Å². The smallest absolute Gasteiger partial charge is 0.255 e. The number of benzene rings is 1. The monoisotopic (exact) mass is 314 g/mol. The van der Waals surface area contributed by atoms with Crippen LogP contribution in [-0.4, -0.2) is 35.6 Å². The summed E-state index contributed by atoms with van der Waals surface area (Å²) in [7, 11) is 0. The molecule has 2 atom stereocenters. The second-order valence-corrected chi connectivity index (χ2v) is 6.46. The Labute approximate surface area is 137 Å². The molecular weight excluding hydrogens is 288 g/mol. The molecule has 124 valence electrons. The summed E-state index contributed by atoms with van der Waals surface area (Å²) < 4.78 is 6.17. The van der Waals surface area contributed by atoms with Gasteiger partial charge in [0.25, 0.3) is 5.56 Å². The zero-order chi connectivity index (χ0) is 16.2. The van der Waals surface area contributed by atoms with Crippen LogP contribution in [0.2, 0.25) is 0 Å². The van der Waals surface area contributed by atoms with Gasteiger partial charge in [-0.05, 0) is 67.9 Å². The number of ether oxygens (including phenoxy) is 1. The number of hydrogen-bond acceptors (Lipinski definition) is 3. The molecule has 1 aromatic heterocycles. The summed E-state index contributed by atoms with van der Waals surface area (Å²) in [6.07, 6.45) is 5.48. The van der Waals surface area contributed by atoms with Crippen molar-refractivity contribution in [3.63, 3.8) is 0 Å². The highest BCUT2D eigenvalue weighted by molar-refractivity contribution is 5.82. The van der Waals surface area contributed by atoms with E-state index in [0.29, 0.717) is 11.5 Å². The molecule has 2 aromatic rings. The van der Waals surface area contributed by atoms with E-state index in [1.807, 2.05) is 24.3 Å². The molecule has 0 bridgehead atoms. The van der Waals surface area contributed by atoms with Gasteiger partial charge in [-0.1, -0.05) is 13.8 Å². The van der Waals surface area contributed by atoms with Crippen molar-refractivity contribution in [3.05, 3.63) is 40.8 Å². The predicted octanol–water partition coefficient (Wildman–Crippen LogP) is 3.42. The first-order valence-electron chi connectivity index (χ1n) is 8.70. The van der Waals surface area contributed by atoms with Gasteiger partial charge < -0.3 is 14.6 Å². The number of pyridine rings is 1. The Morgan fingerprint density at radius 2 is 2.04 bits per heavy atom. The van der Waals surface area contributed by atoms with E-state index in [0.717, 1.165) is 43.0 Å². The summed E-state index contributed by atoms with van der Waals surface area (Å²) in [5, 5.41) is 1.65. The molecule has 0 amide bonds. The number of nitrogens with one attached hydrogen (secondary N) is 1. The third-order valence-corrected chi connectivity index (χ3v) is 4.95. The molecular formula is C19H26N2O2. The largest absolute Gasteiger partial charge is 0.490 e. The van der Waals surface area contributed by atoms with Gasteiger partial charge in [0.05, 0.1) is 6.10 Å². The Morgan fingerprint density at radius 1 is 1.22 bits per heavy atom. The van der Waals surface area contributed by atoms with E-state index in [1.165, 1.54) is 13.0 Å². The fourth-order valence-corrected chi connectivity index (χ4v) is 3.59. The maximum Gasteiger partial charge on any atom is 0.255 e. The molecule has 0 saturated heterocycles. The second-order valence-electron chi connectivity index (χ2n) is 6.46. The Balaban J connectivity index is 1.63. The molecule has 3 rings (SSSR count). The molecule has 1 aliphatic carbocycles. The summed E-state index contributed by atoms with van der Waals surface area (Å²) in [6.45, 7) is 7.88. The van der Waals surface area contributed by atoms with Gasteiger partial charge in [-0.2, -0.15) is 0 Å². The molecule has 1 aromatic carbocycles. The standard InChI is InChI=1S/C19H26N2O2/c1-3-21(4-2)13-14-5-6-16(11-14)23-17-7-8-18-15(12-17)9-10-20-19(18)22/h7-10,12,14,16H,3-6,11,13H2,1-2H3,(H,20,22)/t14-,16+/m0/s1. The fraction of sp³-hybridized carbons (Fsp3) is 0.526. The third kappa shape index (κ3) is 3.75. The first kappa shape index (κ1) is 16.1. The van der Waals surface area contributed by atoms with Crippen molar-refractivity contribution >= 4 is 10.8 Å². The van der Waals surface area contributed by atoms with Crippen LogP contribution in [0.15, 0.2) is 35.3 Å². The molecule has 1 fully saturated rings. The third-order valence-electron chi connectivity index (χ3n) is 4.95. The minimum Gasteiger partial charge on any atom is -0.490 e. The van der Waals surface area contributed by atoms with Crippen molar-refractivity contribution in [1.29, 1.82) is 0 Å². The first-order valence-corrected chi connectivity index (χ1v) is 8.70. The number of nitrogens with zero attached hydrogens (tertiary/aromatic N) is 1. The highest BCUT2D eigenvalue weighted by Gasteiger charge is 2.27. The maximum absolute atomic E-state index is 11.7. The lowest BCUT2D eigenvalue weighted by atomic mass is 10.1. The quantitative estimate of drug-likeness (QED) is 0.888. The van der Waals surface area contributed by atoms with Crippen LogP contribution in [0.1, 0.15) is 33.1 Å². The van der Waals surface area contributed by atoms with E-state index in [2.05, 4.69) is 23.7 Å². The van der Waals surface area contributed by atoms with Crippen LogP contribution in [-0.2, 0) is 0 Å². The van der Waals surface area contributed by atoms with E-state index in [-0.39, 0.29) is 5.56 Å². The minimum absolute atomic E-state index is 0.0470. The zero-order valence-corrected chi connectivity index (χ0v) is 14.0. The molecule has 0 aliphatic heterocycles. The lowest BCUT2D eigenvalue weighted by molar-refractivity contribution is 0.193. The number of fused-ring (bicyclic) bond motifs is 1. The molecule has 4 heteroatoms. The zero-order valence-electron chi connectivity index (χ0n) is 14.0. The van der Waals surface area contributed by atoms with Crippen LogP contribution in [0, 0.1) is 5.92 Å². The first-order chi connectivity index (χ1) is 11.2. The molecule has 23 heavy (non-hydrogen) atoms. The Bertz CT molecular complexity index is 706. The summed E-state index contributed by atoms with van der Waals surface area (Å²) >= 11 is 0. The molecule has 1 heterocycles. The summed E-state index contributed by atoms with van der Waals surface area (Å²) in [4.78, 5) is 16.9. The molecule has 4 nitrogen and oxygen atoms in total. The van der Waals surface area contributed by atoms with Gasteiger partial charge in [0, 0.05) is 18.1 Å². The lowest BCUT2D eigenvalue weighted by Gasteiger charge is -2.22. The number of hydrogen-bond donors (Lipinski definition) is 1. The van der Waals surface area contributed by atoms with Crippen molar-refractivity contribution in [2.24, 2.45) is 5.92 Å². The SMILES string of the molecule is CCN(CC)C[C@H]1CC[C@@H](Oc2ccc3c(=O)[nH]ccc3c2)C1. The van der Waals surface area contributed by atoms with Gasteiger partial charge in [-0.15, -0.1) is 0 Å². The number of aromatic amines is 1. The van der Waals surface area contributed by atoms with E-state index >= 15 is 0 Å². The minimum atomic E-state index is -0.0470. The number of rotatable bonds is 6. The normalized spacial score (nSPS) is 21.2. The number of H-pyrrole nitrogens is 1. The van der Waals surface area contributed by atoms with E-state index < -0.39 is 0 Å². The molecule has 0 unspecified atom stereocenters. The molecule has 0 spiro atoms. The van der Waals surface area contributed by atoms with Crippen molar-refractivity contribution in [2.75, 3.05) is 19.6 Å². The van der Waals surface area contributed by atoms with Gasteiger partial charge >= 0.3 is 0 Å². The van der Waals surface area contributed by atoms with Crippen molar-refractivity contribution < 1.29 is 4.74 Å². The Hall–Kier alpha value is -1.81. The summed E-state index contributed by atoms with van der Waals surface area (Å²) in [5.74, 6) is 1.61. The van der Waals surface area contributed by atoms with Crippen LogP contribution in [0.4, 0.5) is 0 Å². The van der Waals surface area contributed by atoms with Crippen molar-refractivity contribution in [2.45, 2.75) is 39.2 Å². The summed E-state index contributed by atoms with van der Waals surface area (Å²) in [5.41, 5.74) is -0.0470. The van der Waals surface area contributed by atoms with Crippen LogP contribution in [0.3, 0.4) is 0 Å². The van der Waals surface area contributed by atoms with Crippen LogP contribution >= 0.6 is 0 Å². The number of aromatic nitrogens is 1. The highest BCUT2D eigenvalue weighted by atomic mass is 16.5. The van der Waals surface area contributed by atoms with Gasteiger partial charge in [0.2, 0.25) is 0 Å². The molecule has 0 radical (unpaired) electrons. The van der Waals surface area contributed by atoms with E-state index in [4.69, 9.17) is 4.74 Å². The maximum atomic E-state index is 11.7. The summed E-state index contributed by atoms with van der Waals surface area (Å²) in [6, 6.07) is 7.66. The molecule has 1 saturated carbocycles. The molecule has 1 aliphatic rings. The fourth-order valence-electron chi connectivity index (χ4n) is 3.59. The average Bonchev–Trinajstić information content (AvgIpc) is 3.00. The Kier molecular flexibility index (Phi) is 5.01. The van der Waals surface area contributed by atoms with Crippen molar-refractivity contribution in [3.8, 4) is 5.75 Å². The highest BCUT2D eigenvalue weighted by Crippen LogP contribution is 2.30. The van der Waals surface area contributed by atoms with E-state index in [9.17, 15) is 4.79 Å². The van der Waals surface area contributed by atoms with Crippen LogP contribution < -0.4 is 10.3 Å². The van der Waals surface area contributed by atoms with Gasteiger partial charge in [0.1, 0.15) is 5.75 Å². The predicted molar refractivity (Wildman–Crippen MR) is 94.1 cm³/mol. The lowest BCUT2D eigenvalue weighted by Crippen LogP contribution is -2.28. The van der Waals surface area contributed by atoms with E-state index in [1.54, 1.807) is 6.20 Å². The Morgan fingerprint density at radius 3 is 2.83 bits per heavy atom. The second kappa shape index (κ2) is 7.18. The molecule has 1 N–H and O–H groups in total. The van der Waals surface area contributed by atoms with Crippen LogP contribution in [0.5, 0.6) is 5.75 Å². The van der Waals surface area contributed by atoms with Gasteiger partial charge in [-0.25, -0.2) is 0 Å². The average molecular weight is 314 g/mol. The van der Waals surface area contributed by atoms with Gasteiger partial charge in [-0.3, -0.25) is 4.79 Å². The van der Waals surface area contributed by atoms with Crippen molar-refractivity contribution in [1.82, 2.24) is 9.88 Å². The van der Waals surface area contributed by atoms with Gasteiger partial charge in [0.15, 0.2) is 0 Å².